The average Bonchev–Trinajstić information content (AvgIpc) is 2.52. The summed E-state index contributed by atoms with van der Waals surface area (Å²) in [4.78, 5) is 2.50. The van der Waals surface area contributed by atoms with Gasteiger partial charge in [0, 0.05) is 32.2 Å². The number of methoxy groups -OCH3 is 2. The smallest absolute Gasteiger partial charge is 0.161 e. The van der Waals surface area contributed by atoms with E-state index in [0.717, 1.165) is 44.1 Å². The number of nitrogens with zero attached hydrogens (tertiary/aromatic N) is 1. The summed E-state index contributed by atoms with van der Waals surface area (Å²) in [5.74, 6) is 1.56. The second kappa shape index (κ2) is 10.7. The van der Waals surface area contributed by atoms with Crippen LogP contribution in [0.1, 0.15) is 18.0 Å². The lowest BCUT2D eigenvalue weighted by Gasteiger charge is -2.35. The first kappa shape index (κ1) is 21.1. The monoisotopic (exact) mass is 348 g/mol. The van der Waals surface area contributed by atoms with E-state index in [4.69, 9.17) is 9.47 Å². The molecular formula is C16H26Cl2N2O2. The van der Waals surface area contributed by atoms with Crippen LogP contribution >= 0.6 is 24.8 Å². The fourth-order valence-corrected chi connectivity index (χ4v) is 2.71. The molecule has 0 aliphatic carbocycles. The van der Waals surface area contributed by atoms with E-state index in [-0.39, 0.29) is 24.8 Å². The van der Waals surface area contributed by atoms with Gasteiger partial charge in [-0.1, -0.05) is 12.1 Å². The maximum absolute atomic E-state index is 5.41. The van der Waals surface area contributed by atoms with Crippen LogP contribution in [0.3, 0.4) is 0 Å². The van der Waals surface area contributed by atoms with Crippen molar-refractivity contribution in [2.45, 2.75) is 12.5 Å². The van der Waals surface area contributed by atoms with Crippen LogP contribution in [0.5, 0.6) is 11.5 Å². The zero-order chi connectivity index (χ0) is 14.4. The number of piperazine rings is 1. The van der Waals surface area contributed by atoms with Crippen LogP contribution < -0.4 is 14.8 Å². The Morgan fingerprint density at radius 3 is 2.36 bits per heavy atom. The molecule has 1 fully saturated rings. The lowest BCUT2D eigenvalue weighted by atomic mass is 10.0. The van der Waals surface area contributed by atoms with Crippen LogP contribution in [0.25, 0.3) is 0 Å². The topological polar surface area (TPSA) is 33.7 Å². The molecule has 0 radical (unpaired) electrons. The molecule has 1 aliphatic rings. The van der Waals surface area contributed by atoms with Crippen molar-refractivity contribution in [3.8, 4) is 11.5 Å². The van der Waals surface area contributed by atoms with Gasteiger partial charge in [0.2, 0.25) is 0 Å². The first-order valence-electron chi connectivity index (χ1n) is 7.07. The predicted molar refractivity (Wildman–Crippen MR) is 96.0 cm³/mol. The van der Waals surface area contributed by atoms with Crippen molar-refractivity contribution in [1.29, 1.82) is 0 Å². The van der Waals surface area contributed by atoms with Crippen molar-refractivity contribution >= 4 is 24.8 Å². The van der Waals surface area contributed by atoms with Gasteiger partial charge in [-0.05, 0) is 24.1 Å². The summed E-state index contributed by atoms with van der Waals surface area (Å²) in [5.41, 5.74) is 1.25. The Morgan fingerprint density at radius 2 is 1.82 bits per heavy atom. The Hall–Kier alpha value is -0.940. The van der Waals surface area contributed by atoms with E-state index in [0.29, 0.717) is 6.04 Å². The molecule has 6 heteroatoms. The molecule has 0 spiro atoms. The zero-order valence-corrected chi connectivity index (χ0v) is 14.8. The molecule has 2 rings (SSSR count). The maximum atomic E-state index is 5.41. The Labute approximate surface area is 145 Å². The number of hydrogen-bond acceptors (Lipinski definition) is 4. The first-order valence-corrected chi connectivity index (χ1v) is 7.07. The molecule has 1 N–H and O–H groups in total. The van der Waals surface area contributed by atoms with E-state index in [9.17, 15) is 0 Å². The summed E-state index contributed by atoms with van der Waals surface area (Å²) in [6, 6.07) is 6.54. The lowest BCUT2D eigenvalue weighted by Crippen LogP contribution is -2.45. The molecule has 1 aromatic rings. The number of benzene rings is 1. The standard InChI is InChI=1S/C16H24N2O2.2ClH/c1-4-5-14(18-10-8-17-9-11-18)13-6-7-15(19-2)16(12-13)20-3;;/h4,6-7,12,14,17H,1,5,8-11H2,2-3H3;2*1H/t14-;;/m1../s1. The third-order valence-electron chi connectivity index (χ3n) is 3.77. The van der Waals surface area contributed by atoms with Gasteiger partial charge < -0.3 is 14.8 Å². The minimum absolute atomic E-state index is 0. The molecule has 1 heterocycles. The SMILES string of the molecule is C=CC[C@H](c1ccc(OC)c(OC)c1)N1CCNCC1.Cl.Cl. The van der Waals surface area contributed by atoms with Crippen LogP contribution in [0, 0.1) is 0 Å². The molecule has 0 unspecified atom stereocenters. The molecule has 4 nitrogen and oxygen atoms in total. The van der Waals surface area contributed by atoms with Crippen molar-refractivity contribution in [3.05, 3.63) is 36.4 Å². The van der Waals surface area contributed by atoms with Crippen molar-refractivity contribution in [2.75, 3.05) is 40.4 Å². The Morgan fingerprint density at radius 1 is 1.18 bits per heavy atom. The van der Waals surface area contributed by atoms with Gasteiger partial charge in [-0.3, -0.25) is 4.90 Å². The number of halogens is 2. The van der Waals surface area contributed by atoms with E-state index in [2.05, 4.69) is 28.9 Å². The fourth-order valence-electron chi connectivity index (χ4n) is 2.71. The Bertz CT molecular complexity index is 452. The van der Waals surface area contributed by atoms with E-state index in [1.54, 1.807) is 14.2 Å². The highest BCUT2D eigenvalue weighted by atomic mass is 35.5. The van der Waals surface area contributed by atoms with Gasteiger partial charge in [0.15, 0.2) is 11.5 Å². The highest BCUT2D eigenvalue weighted by molar-refractivity contribution is 5.85. The molecular weight excluding hydrogens is 323 g/mol. The summed E-state index contributed by atoms with van der Waals surface area (Å²) >= 11 is 0. The highest BCUT2D eigenvalue weighted by Crippen LogP contribution is 2.33. The summed E-state index contributed by atoms with van der Waals surface area (Å²) in [6.07, 6.45) is 2.93. The highest BCUT2D eigenvalue weighted by Gasteiger charge is 2.22. The Balaban J connectivity index is 0.00000220. The Kier molecular flexibility index (Phi) is 10.3. The summed E-state index contributed by atoms with van der Waals surface area (Å²) in [6.45, 7) is 8.11. The number of rotatable bonds is 6. The lowest BCUT2D eigenvalue weighted by molar-refractivity contribution is 0.174. The molecule has 0 bridgehead atoms. The van der Waals surface area contributed by atoms with Crippen LogP contribution in [0.2, 0.25) is 0 Å². The second-order valence-corrected chi connectivity index (χ2v) is 4.94. The van der Waals surface area contributed by atoms with Gasteiger partial charge >= 0.3 is 0 Å². The van der Waals surface area contributed by atoms with Crippen molar-refractivity contribution in [3.63, 3.8) is 0 Å². The fraction of sp³-hybridized carbons (Fsp3) is 0.500. The van der Waals surface area contributed by atoms with Crippen LogP contribution in [0.4, 0.5) is 0 Å². The molecule has 126 valence electrons. The summed E-state index contributed by atoms with van der Waals surface area (Å²) < 4.78 is 10.7. The molecule has 0 aromatic heterocycles. The first-order chi connectivity index (χ1) is 9.80. The van der Waals surface area contributed by atoms with Crippen molar-refractivity contribution in [1.82, 2.24) is 10.2 Å². The largest absolute Gasteiger partial charge is 0.493 e. The van der Waals surface area contributed by atoms with E-state index in [1.165, 1.54) is 5.56 Å². The summed E-state index contributed by atoms with van der Waals surface area (Å²) in [7, 11) is 3.34. The van der Waals surface area contributed by atoms with Crippen LogP contribution in [0.15, 0.2) is 30.9 Å². The van der Waals surface area contributed by atoms with E-state index >= 15 is 0 Å². The van der Waals surface area contributed by atoms with Crippen LogP contribution in [-0.4, -0.2) is 45.3 Å². The molecule has 0 amide bonds. The molecule has 1 aliphatic heterocycles. The van der Waals surface area contributed by atoms with E-state index < -0.39 is 0 Å². The third-order valence-corrected chi connectivity index (χ3v) is 3.77. The van der Waals surface area contributed by atoms with Gasteiger partial charge in [0.25, 0.3) is 0 Å². The van der Waals surface area contributed by atoms with Crippen molar-refractivity contribution < 1.29 is 9.47 Å². The molecule has 1 atom stereocenters. The average molecular weight is 349 g/mol. The molecule has 22 heavy (non-hydrogen) atoms. The molecule has 0 saturated carbocycles. The van der Waals surface area contributed by atoms with Gasteiger partial charge in [-0.2, -0.15) is 0 Å². The number of ether oxygens (including phenoxy) is 2. The molecule has 1 aromatic carbocycles. The quantitative estimate of drug-likeness (QED) is 0.801. The number of nitrogens with one attached hydrogen (secondary N) is 1. The zero-order valence-electron chi connectivity index (χ0n) is 13.2. The second-order valence-electron chi connectivity index (χ2n) is 4.94. The summed E-state index contributed by atoms with van der Waals surface area (Å²) in [5, 5.41) is 3.39. The number of hydrogen-bond donors (Lipinski definition) is 1. The van der Waals surface area contributed by atoms with Gasteiger partial charge in [-0.25, -0.2) is 0 Å². The van der Waals surface area contributed by atoms with Gasteiger partial charge in [0.1, 0.15) is 0 Å². The minimum Gasteiger partial charge on any atom is -0.493 e. The maximum Gasteiger partial charge on any atom is 0.161 e. The third kappa shape index (κ3) is 5.06. The predicted octanol–water partition coefficient (Wildman–Crippen LogP) is 3.07. The van der Waals surface area contributed by atoms with Gasteiger partial charge in [0.05, 0.1) is 14.2 Å². The van der Waals surface area contributed by atoms with E-state index in [1.807, 2.05) is 12.1 Å². The van der Waals surface area contributed by atoms with Crippen molar-refractivity contribution in [2.24, 2.45) is 0 Å². The van der Waals surface area contributed by atoms with Crippen LogP contribution in [-0.2, 0) is 0 Å². The molecule has 1 saturated heterocycles. The minimum atomic E-state index is 0. The van der Waals surface area contributed by atoms with Gasteiger partial charge in [-0.15, -0.1) is 31.4 Å². The normalized spacial score (nSPS) is 15.9.